The minimum Gasteiger partial charge on any atom is -0.490 e. The number of alkyl carbamates (subject to hydrolysis) is 1. The Morgan fingerprint density at radius 1 is 1.22 bits per heavy atom. The van der Waals surface area contributed by atoms with E-state index in [1.165, 1.54) is 0 Å². The van der Waals surface area contributed by atoms with Crippen LogP contribution in [0.15, 0.2) is 12.1 Å². The van der Waals surface area contributed by atoms with Gasteiger partial charge < -0.3 is 19.9 Å². The zero-order valence-electron chi connectivity index (χ0n) is 15.0. The fourth-order valence-electron chi connectivity index (χ4n) is 2.15. The van der Waals surface area contributed by atoms with E-state index in [4.69, 9.17) is 9.47 Å². The number of rotatable bonds is 7. The second-order valence-electron chi connectivity index (χ2n) is 6.41. The average molecular weight is 385 g/mol. The number of benzene rings is 1. The molecule has 0 aromatic heterocycles. The van der Waals surface area contributed by atoms with Crippen molar-refractivity contribution >= 4 is 23.4 Å². The number of nitrogens with zero attached hydrogens (tertiary/aromatic N) is 2. The van der Waals surface area contributed by atoms with Crippen LogP contribution in [0.5, 0.6) is 5.75 Å². The molecule has 0 heterocycles. The molecule has 27 heavy (non-hydrogen) atoms. The van der Waals surface area contributed by atoms with Gasteiger partial charge in [-0.25, -0.2) is 9.59 Å². The Balaban J connectivity index is 3.28. The molecule has 1 amide bonds. The van der Waals surface area contributed by atoms with Crippen molar-refractivity contribution in [2.45, 2.75) is 38.8 Å². The van der Waals surface area contributed by atoms with Crippen molar-refractivity contribution in [3.63, 3.8) is 0 Å². The Morgan fingerprint density at radius 2 is 1.81 bits per heavy atom. The minimum atomic E-state index is -1.56. The van der Waals surface area contributed by atoms with Crippen molar-refractivity contribution in [1.82, 2.24) is 5.32 Å². The third-order valence-electron chi connectivity index (χ3n) is 3.16. The summed E-state index contributed by atoms with van der Waals surface area (Å²) in [5.41, 5.74) is -2.31. The molecule has 2 N–H and O–H groups in total. The van der Waals surface area contributed by atoms with Gasteiger partial charge in [0.2, 0.25) is 5.75 Å². The van der Waals surface area contributed by atoms with Crippen molar-refractivity contribution in [1.29, 1.82) is 0 Å². The third-order valence-corrected chi connectivity index (χ3v) is 3.16. The maximum absolute atomic E-state index is 11.8. The van der Waals surface area contributed by atoms with Crippen LogP contribution in [0, 0.1) is 20.2 Å². The van der Waals surface area contributed by atoms with E-state index in [1.807, 2.05) is 0 Å². The van der Waals surface area contributed by atoms with Crippen LogP contribution in [0.25, 0.3) is 0 Å². The zero-order valence-corrected chi connectivity index (χ0v) is 15.0. The molecular weight excluding hydrogens is 366 g/mol. The number of nitro groups is 2. The van der Waals surface area contributed by atoms with E-state index in [0.29, 0.717) is 6.07 Å². The van der Waals surface area contributed by atoms with Crippen LogP contribution >= 0.6 is 0 Å². The molecule has 148 valence electrons. The number of hydrogen-bond acceptors (Lipinski definition) is 8. The van der Waals surface area contributed by atoms with Crippen LogP contribution in [0.3, 0.4) is 0 Å². The summed E-state index contributed by atoms with van der Waals surface area (Å²) in [6.45, 7) is 4.74. The lowest BCUT2D eigenvalue weighted by Crippen LogP contribution is -2.44. The fourth-order valence-corrected chi connectivity index (χ4v) is 2.15. The molecule has 1 atom stereocenters. The first-order valence-electron chi connectivity index (χ1n) is 7.57. The second-order valence-corrected chi connectivity index (χ2v) is 6.41. The van der Waals surface area contributed by atoms with Crippen LogP contribution in [-0.2, 0) is 16.0 Å². The summed E-state index contributed by atoms with van der Waals surface area (Å²) in [5.74, 6) is -1.79. The SMILES string of the molecule is COc1c(CC(NC(=O)OC(C)(C)C)C(=O)O)cc([N+](=O)[O-])cc1[N+](=O)[O-]. The average Bonchev–Trinajstić information content (AvgIpc) is 2.51. The Bertz CT molecular complexity index is 771. The summed E-state index contributed by atoms with van der Waals surface area (Å²) < 4.78 is 9.91. The number of carbonyl (C=O) groups is 2. The first-order chi connectivity index (χ1) is 12.4. The van der Waals surface area contributed by atoms with E-state index in [-0.39, 0.29) is 11.3 Å². The third kappa shape index (κ3) is 6.09. The molecule has 0 spiro atoms. The minimum absolute atomic E-state index is 0.123. The van der Waals surface area contributed by atoms with Gasteiger partial charge in [-0.3, -0.25) is 20.2 Å². The molecule has 12 nitrogen and oxygen atoms in total. The molecule has 0 bridgehead atoms. The zero-order chi connectivity index (χ0) is 20.9. The van der Waals surface area contributed by atoms with Gasteiger partial charge in [0.1, 0.15) is 11.6 Å². The number of non-ortho nitro benzene ring substituents is 1. The second kappa shape index (κ2) is 8.29. The summed E-state index contributed by atoms with van der Waals surface area (Å²) in [5, 5.41) is 33.6. The van der Waals surface area contributed by atoms with Gasteiger partial charge in [-0.2, -0.15) is 0 Å². The molecule has 1 aromatic rings. The molecule has 1 aromatic carbocycles. The van der Waals surface area contributed by atoms with Crippen LogP contribution in [0.2, 0.25) is 0 Å². The number of methoxy groups -OCH3 is 1. The maximum Gasteiger partial charge on any atom is 0.408 e. The molecule has 0 fully saturated rings. The van der Waals surface area contributed by atoms with Gasteiger partial charge in [0, 0.05) is 18.1 Å². The Morgan fingerprint density at radius 3 is 2.22 bits per heavy atom. The van der Waals surface area contributed by atoms with Crippen LogP contribution in [-0.4, -0.2) is 45.8 Å². The number of ether oxygens (including phenoxy) is 2. The lowest BCUT2D eigenvalue weighted by atomic mass is 10.0. The number of nitro benzene ring substituents is 2. The standard InChI is InChI=1S/C15H19N3O9/c1-15(2,3)27-14(21)16-10(13(19)20)6-8-5-9(17(22)23)7-11(18(24)25)12(8)26-4/h5,7,10H,6H2,1-4H3,(H,16,21)(H,19,20). The van der Waals surface area contributed by atoms with Gasteiger partial charge in [-0.15, -0.1) is 0 Å². The molecule has 0 radical (unpaired) electrons. The highest BCUT2D eigenvalue weighted by molar-refractivity contribution is 5.80. The van der Waals surface area contributed by atoms with Crippen LogP contribution in [0.4, 0.5) is 16.2 Å². The van der Waals surface area contributed by atoms with E-state index in [2.05, 4.69) is 5.32 Å². The van der Waals surface area contributed by atoms with Crippen molar-refractivity contribution in [3.05, 3.63) is 37.9 Å². The van der Waals surface area contributed by atoms with Crippen molar-refractivity contribution in [2.24, 2.45) is 0 Å². The molecule has 12 heteroatoms. The summed E-state index contributed by atoms with van der Waals surface area (Å²) in [6.07, 6.45) is -1.52. The normalized spacial score (nSPS) is 12.0. The van der Waals surface area contributed by atoms with E-state index in [0.717, 1.165) is 13.2 Å². The molecule has 1 rings (SSSR count). The number of aliphatic carboxylic acids is 1. The van der Waals surface area contributed by atoms with Crippen molar-refractivity contribution in [2.75, 3.05) is 7.11 Å². The highest BCUT2D eigenvalue weighted by Crippen LogP contribution is 2.36. The predicted octanol–water partition coefficient (Wildman–Crippen LogP) is 2.03. The number of nitrogens with one attached hydrogen (secondary N) is 1. The van der Waals surface area contributed by atoms with Crippen molar-refractivity contribution < 1.29 is 34.0 Å². The first-order valence-corrected chi connectivity index (χ1v) is 7.57. The molecule has 1 unspecified atom stereocenters. The Hall–Kier alpha value is -3.44. The summed E-state index contributed by atoms with van der Waals surface area (Å²) in [7, 11) is 1.11. The molecule has 0 aliphatic carbocycles. The van der Waals surface area contributed by atoms with Gasteiger partial charge in [-0.1, -0.05) is 0 Å². The number of carbonyl (C=O) groups excluding carboxylic acids is 1. The van der Waals surface area contributed by atoms with Gasteiger partial charge >= 0.3 is 17.7 Å². The van der Waals surface area contributed by atoms with Crippen LogP contribution < -0.4 is 10.1 Å². The fraction of sp³-hybridized carbons (Fsp3) is 0.467. The number of amides is 1. The summed E-state index contributed by atoms with van der Waals surface area (Å²) in [4.78, 5) is 43.7. The predicted molar refractivity (Wildman–Crippen MR) is 90.8 cm³/mol. The maximum atomic E-state index is 11.8. The summed E-state index contributed by atoms with van der Waals surface area (Å²) in [6, 6.07) is 0.105. The van der Waals surface area contributed by atoms with Gasteiger partial charge in [-0.05, 0) is 20.8 Å². The number of carboxylic acid groups (broad SMARTS) is 1. The van der Waals surface area contributed by atoms with Crippen LogP contribution in [0.1, 0.15) is 26.3 Å². The van der Waals surface area contributed by atoms with Gasteiger partial charge in [0.05, 0.1) is 23.0 Å². The Labute approximate surface area is 153 Å². The summed E-state index contributed by atoms with van der Waals surface area (Å²) >= 11 is 0. The highest BCUT2D eigenvalue weighted by Gasteiger charge is 2.30. The molecule has 0 aliphatic heterocycles. The Kier molecular flexibility index (Phi) is 6.64. The molecular formula is C15H19N3O9. The lowest BCUT2D eigenvalue weighted by molar-refractivity contribution is -0.394. The molecule has 0 aliphatic rings. The van der Waals surface area contributed by atoms with E-state index < -0.39 is 51.3 Å². The molecule has 0 saturated carbocycles. The number of carboxylic acids is 1. The quantitative estimate of drug-likeness (QED) is 0.526. The van der Waals surface area contributed by atoms with Crippen molar-refractivity contribution in [3.8, 4) is 5.75 Å². The van der Waals surface area contributed by atoms with Gasteiger partial charge in [0.25, 0.3) is 5.69 Å². The smallest absolute Gasteiger partial charge is 0.408 e. The topological polar surface area (TPSA) is 171 Å². The highest BCUT2D eigenvalue weighted by atomic mass is 16.6. The lowest BCUT2D eigenvalue weighted by Gasteiger charge is -2.22. The number of hydrogen-bond donors (Lipinski definition) is 2. The van der Waals surface area contributed by atoms with E-state index in [1.54, 1.807) is 20.8 Å². The largest absolute Gasteiger partial charge is 0.490 e. The monoisotopic (exact) mass is 385 g/mol. The molecule has 0 saturated heterocycles. The first kappa shape index (κ1) is 21.6. The van der Waals surface area contributed by atoms with E-state index in [9.17, 15) is 34.9 Å². The van der Waals surface area contributed by atoms with E-state index >= 15 is 0 Å². The van der Waals surface area contributed by atoms with Gasteiger partial charge in [0.15, 0.2) is 0 Å².